The molecule has 126 valence electrons. The second-order valence-corrected chi connectivity index (χ2v) is 6.46. The normalized spacial score (nSPS) is 13.9. The highest BCUT2D eigenvalue weighted by molar-refractivity contribution is 5.92. The molecule has 0 aliphatic carbocycles. The number of amides is 1. The molecule has 0 saturated heterocycles. The topological polar surface area (TPSA) is 58.4 Å². The molecule has 0 spiro atoms. The Balaban J connectivity index is 1.86. The summed E-state index contributed by atoms with van der Waals surface area (Å²) in [6, 6.07) is 4.78. The first-order valence-electron chi connectivity index (χ1n) is 8.02. The Morgan fingerprint density at radius 1 is 1.29 bits per heavy atom. The second-order valence-electron chi connectivity index (χ2n) is 6.46. The lowest BCUT2D eigenvalue weighted by atomic mass is 9.96. The van der Waals surface area contributed by atoms with Crippen molar-refractivity contribution >= 4 is 5.91 Å². The number of rotatable bonds is 3. The minimum Gasteiger partial charge on any atom is -0.333 e. The van der Waals surface area contributed by atoms with Crippen molar-refractivity contribution in [2.45, 2.75) is 19.5 Å². The van der Waals surface area contributed by atoms with Crippen LogP contribution in [0.15, 0.2) is 35.4 Å². The first kappa shape index (κ1) is 16.4. The predicted octanol–water partition coefficient (Wildman–Crippen LogP) is 1.04. The molecular weight excluding hydrogens is 304 g/mol. The van der Waals surface area contributed by atoms with Gasteiger partial charge >= 0.3 is 0 Å². The highest BCUT2D eigenvalue weighted by atomic mass is 16.2. The third-order valence-corrected chi connectivity index (χ3v) is 4.41. The maximum Gasteiger partial charge on any atom is 0.270 e. The summed E-state index contributed by atoms with van der Waals surface area (Å²) in [5, 5.41) is 0. The molecule has 0 saturated carbocycles. The molecule has 2 aromatic heterocycles. The Morgan fingerprint density at radius 2 is 2.08 bits per heavy atom. The third kappa shape index (κ3) is 3.10. The van der Waals surface area contributed by atoms with Gasteiger partial charge in [0.15, 0.2) is 0 Å². The van der Waals surface area contributed by atoms with Gasteiger partial charge in [0.2, 0.25) is 0 Å². The van der Waals surface area contributed by atoms with E-state index < -0.39 is 0 Å². The minimum atomic E-state index is -0.173. The van der Waals surface area contributed by atoms with Crippen molar-refractivity contribution in [3.8, 4) is 0 Å². The lowest BCUT2D eigenvalue weighted by molar-refractivity contribution is 0.0723. The Hall–Kier alpha value is -2.47. The van der Waals surface area contributed by atoms with Crippen LogP contribution < -0.4 is 5.56 Å². The van der Waals surface area contributed by atoms with Gasteiger partial charge in [0.25, 0.3) is 11.5 Å². The van der Waals surface area contributed by atoms with Crippen LogP contribution in [0.4, 0.5) is 0 Å². The molecule has 1 aliphatic rings. The summed E-state index contributed by atoms with van der Waals surface area (Å²) < 4.78 is 1.40. The van der Waals surface area contributed by atoms with Gasteiger partial charge in [-0.15, -0.1) is 0 Å². The largest absolute Gasteiger partial charge is 0.333 e. The van der Waals surface area contributed by atoms with Crippen LogP contribution in [0.25, 0.3) is 0 Å². The lowest BCUT2D eigenvalue weighted by Gasteiger charge is -2.30. The van der Waals surface area contributed by atoms with Crippen molar-refractivity contribution in [3.63, 3.8) is 0 Å². The fourth-order valence-electron chi connectivity index (χ4n) is 3.16. The maximum absolute atomic E-state index is 12.8. The average Bonchev–Trinajstić information content (AvgIpc) is 2.56. The van der Waals surface area contributed by atoms with Gasteiger partial charge in [0, 0.05) is 45.1 Å². The predicted molar refractivity (Wildman–Crippen MR) is 91.8 cm³/mol. The first-order chi connectivity index (χ1) is 11.5. The van der Waals surface area contributed by atoms with E-state index in [-0.39, 0.29) is 11.5 Å². The van der Waals surface area contributed by atoms with Gasteiger partial charge in [-0.1, -0.05) is 6.07 Å². The molecule has 0 bridgehead atoms. The number of carbonyl (C=O) groups is 1. The highest BCUT2D eigenvalue weighted by Gasteiger charge is 2.25. The number of hydrogen-bond acceptors (Lipinski definition) is 4. The zero-order valence-electron chi connectivity index (χ0n) is 14.3. The van der Waals surface area contributed by atoms with Crippen LogP contribution in [0.1, 0.15) is 27.2 Å². The molecule has 1 aliphatic heterocycles. The highest BCUT2D eigenvalue weighted by Crippen LogP contribution is 2.23. The molecule has 6 nitrogen and oxygen atoms in total. The third-order valence-electron chi connectivity index (χ3n) is 4.41. The first-order valence-corrected chi connectivity index (χ1v) is 8.02. The molecule has 2 aromatic rings. The maximum atomic E-state index is 12.8. The lowest BCUT2D eigenvalue weighted by Crippen LogP contribution is -2.39. The summed E-state index contributed by atoms with van der Waals surface area (Å²) in [5.41, 5.74) is 3.85. The van der Waals surface area contributed by atoms with Gasteiger partial charge in [0.05, 0.1) is 0 Å². The van der Waals surface area contributed by atoms with Crippen LogP contribution in [-0.2, 0) is 26.6 Å². The summed E-state index contributed by atoms with van der Waals surface area (Å²) in [5.74, 6) is -0.112. The summed E-state index contributed by atoms with van der Waals surface area (Å²) in [6.45, 7) is 2.03. The molecule has 0 N–H and O–H groups in total. The smallest absolute Gasteiger partial charge is 0.270 e. The van der Waals surface area contributed by atoms with Crippen LogP contribution >= 0.6 is 0 Å². The zero-order valence-corrected chi connectivity index (χ0v) is 14.3. The molecule has 6 heteroatoms. The molecule has 0 aromatic carbocycles. The fraction of sp³-hybridized carbons (Fsp3) is 0.389. The number of nitrogens with zero attached hydrogens (tertiary/aromatic N) is 4. The SMILES string of the molecule is CN(C)Cc1cncc2c1CCN(C(=O)c1cccc(=O)n1C)C2. The Morgan fingerprint density at radius 3 is 2.83 bits per heavy atom. The summed E-state index contributed by atoms with van der Waals surface area (Å²) in [6.07, 6.45) is 4.57. The van der Waals surface area contributed by atoms with Crippen molar-refractivity contribution in [1.82, 2.24) is 19.4 Å². The summed E-state index contributed by atoms with van der Waals surface area (Å²) in [4.78, 5) is 32.8. The number of aromatic nitrogens is 2. The number of fused-ring (bicyclic) bond motifs is 1. The summed E-state index contributed by atoms with van der Waals surface area (Å²) >= 11 is 0. The fourth-order valence-corrected chi connectivity index (χ4v) is 3.16. The molecule has 0 atom stereocenters. The summed E-state index contributed by atoms with van der Waals surface area (Å²) in [7, 11) is 5.70. The van der Waals surface area contributed by atoms with Crippen LogP contribution in [0, 0.1) is 0 Å². The van der Waals surface area contributed by atoms with E-state index in [4.69, 9.17) is 0 Å². The van der Waals surface area contributed by atoms with Crippen LogP contribution in [0.3, 0.4) is 0 Å². The van der Waals surface area contributed by atoms with Crippen LogP contribution in [0.2, 0.25) is 0 Å². The van der Waals surface area contributed by atoms with Crippen molar-refractivity contribution in [2.24, 2.45) is 7.05 Å². The van der Waals surface area contributed by atoms with Crippen LogP contribution in [0.5, 0.6) is 0 Å². The molecule has 24 heavy (non-hydrogen) atoms. The monoisotopic (exact) mass is 326 g/mol. The van der Waals surface area contributed by atoms with E-state index in [9.17, 15) is 9.59 Å². The molecule has 0 unspecified atom stereocenters. The number of pyridine rings is 2. The zero-order chi connectivity index (χ0) is 17.3. The standard InChI is InChI=1S/C18H22N4O2/c1-20(2)11-13-9-19-10-14-12-22(8-7-15(13)14)18(24)16-5-4-6-17(23)21(16)3/h4-6,9-10H,7-8,11-12H2,1-3H3. The molecule has 1 amide bonds. The molecular formula is C18H22N4O2. The molecule has 0 radical (unpaired) electrons. The van der Waals surface area contributed by atoms with Gasteiger partial charge < -0.3 is 14.4 Å². The van der Waals surface area contributed by atoms with E-state index in [1.54, 1.807) is 24.1 Å². The van der Waals surface area contributed by atoms with Crippen molar-refractivity contribution in [3.05, 3.63) is 63.3 Å². The number of hydrogen-bond donors (Lipinski definition) is 0. The second kappa shape index (κ2) is 6.57. The minimum absolute atomic E-state index is 0.112. The van der Waals surface area contributed by atoms with E-state index in [1.807, 2.05) is 26.5 Å². The molecule has 3 heterocycles. The van der Waals surface area contributed by atoms with Gasteiger partial charge in [-0.05, 0) is 43.3 Å². The van der Waals surface area contributed by atoms with E-state index in [1.165, 1.54) is 21.8 Å². The average molecular weight is 326 g/mol. The quantitative estimate of drug-likeness (QED) is 0.846. The van der Waals surface area contributed by atoms with Gasteiger partial charge in [-0.2, -0.15) is 0 Å². The molecule has 3 rings (SSSR count). The van der Waals surface area contributed by atoms with Gasteiger partial charge in [0.1, 0.15) is 5.69 Å². The van der Waals surface area contributed by atoms with Crippen LogP contribution in [-0.4, -0.2) is 45.9 Å². The Bertz CT molecular complexity index is 826. The molecule has 0 fully saturated rings. The van der Waals surface area contributed by atoms with Crippen molar-refractivity contribution in [2.75, 3.05) is 20.6 Å². The Labute approximate surface area is 141 Å². The number of carbonyl (C=O) groups excluding carboxylic acids is 1. The van der Waals surface area contributed by atoms with Crippen molar-refractivity contribution < 1.29 is 4.79 Å². The van der Waals surface area contributed by atoms with E-state index in [0.29, 0.717) is 18.8 Å². The van der Waals surface area contributed by atoms with Gasteiger partial charge in [-0.25, -0.2) is 0 Å². The van der Waals surface area contributed by atoms with Crippen molar-refractivity contribution in [1.29, 1.82) is 0 Å². The van der Waals surface area contributed by atoms with E-state index in [2.05, 4.69) is 9.88 Å². The Kier molecular flexibility index (Phi) is 4.49. The van der Waals surface area contributed by atoms with E-state index >= 15 is 0 Å². The van der Waals surface area contributed by atoms with Gasteiger partial charge in [-0.3, -0.25) is 14.6 Å². The van der Waals surface area contributed by atoms with E-state index in [0.717, 1.165) is 18.5 Å².